The summed E-state index contributed by atoms with van der Waals surface area (Å²) in [7, 11) is 0. The Hall–Kier alpha value is -1.70. The zero-order valence-electron chi connectivity index (χ0n) is 15.3. The van der Waals surface area contributed by atoms with Crippen LogP contribution in [0.15, 0.2) is 18.2 Å². The average Bonchev–Trinajstić information content (AvgIpc) is 2.70. The van der Waals surface area contributed by atoms with Crippen LogP contribution in [0.25, 0.3) is 0 Å². The third-order valence-electron chi connectivity index (χ3n) is 5.26. The van der Waals surface area contributed by atoms with Gasteiger partial charge in [-0.05, 0) is 44.1 Å². The summed E-state index contributed by atoms with van der Waals surface area (Å²) in [5, 5.41) is 6.06. The van der Waals surface area contributed by atoms with Gasteiger partial charge in [0.05, 0.1) is 5.02 Å². The number of carbonyl (C=O) groups is 2. The van der Waals surface area contributed by atoms with E-state index in [0.29, 0.717) is 12.1 Å². The van der Waals surface area contributed by atoms with Gasteiger partial charge in [0.2, 0.25) is 11.8 Å². The molecule has 148 valence electrons. The number of anilines is 1. The quantitative estimate of drug-likeness (QED) is 0.798. The Morgan fingerprint density at radius 1 is 1.19 bits per heavy atom. The Morgan fingerprint density at radius 2 is 1.89 bits per heavy atom. The molecule has 8 heteroatoms. The number of likely N-dealkylation sites (tertiary alicyclic amines) is 1. The number of hydrogen-bond donors (Lipinski definition) is 2. The maximum atomic E-state index is 13.2. The van der Waals surface area contributed by atoms with Crippen molar-refractivity contribution < 1.29 is 14.0 Å². The van der Waals surface area contributed by atoms with Gasteiger partial charge in [-0.2, -0.15) is 0 Å². The molecule has 1 aromatic carbocycles. The standard InChI is InChI=1S/C19H26ClFN4O2/c20-16-13-15(1-2-17(16)21)23-19(27)14-3-8-24(9-4-14)10-5-18(26)25-11-6-22-7-12-25/h1-2,13-14,22H,3-12H2,(H,23,27). The molecule has 1 aromatic rings. The van der Waals surface area contributed by atoms with Gasteiger partial charge in [0, 0.05) is 50.7 Å². The van der Waals surface area contributed by atoms with Crippen molar-refractivity contribution in [2.45, 2.75) is 19.3 Å². The SMILES string of the molecule is O=C(Nc1ccc(F)c(Cl)c1)C1CCN(CCC(=O)N2CCNCC2)CC1. The second-order valence-corrected chi connectivity index (χ2v) is 7.52. The van der Waals surface area contributed by atoms with E-state index < -0.39 is 5.82 Å². The van der Waals surface area contributed by atoms with E-state index in [-0.39, 0.29) is 22.8 Å². The van der Waals surface area contributed by atoms with Gasteiger partial charge in [-0.15, -0.1) is 0 Å². The number of halogens is 2. The minimum atomic E-state index is -0.502. The van der Waals surface area contributed by atoms with Crippen LogP contribution in [-0.2, 0) is 9.59 Å². The summed E-state index contributed by atoms with van der Waals surface area (Å²) in [5.74, 6) is -0.425. The molecule has 0 saturated carbocycles. The van der Waals surface area contributed by atoms with Crippen LogP contribution in [0.1, 0.15) is 19.3 Å². The van der Waals surface area contributed by atoms with Gasteiger partial charge in [-0.1, -0.05) is 11.6 Å². The molecule has 2 saturated heterocycles. The van der Waals surface area contributed by atoms with Crippen LogP contribution in [0.4, 0.5) is 10.1 Å². The smallest absolute Gasteiger partial charge is 0.227 e. The number of amides is 2. The van der Waals surface area contributed by atoms with Crippen molar-refractivity contribution >= 4 is 29.1 Å². The molecule has 2 fully saturated rings. The van der Waals surface area contributed by atoms with Gasteiger partial charge in [0.25, 0.3) is 0 Å². The van der Waals surface area contributed by atoms with Crippen LogP contribution in [0.3, 0.4) is 0 Å². The van der Waals surface area contributed by atoms with Crippen molar-refractivity contribution in [2.75, 3.05) is 51.1 Å². The summed E-state index contributed by atoms with van der Waals surface area (Å²) in [4.78, 5) is 28.8. The molecule has 3 rings (SSSR count). The summed E-state index contributed by atoms with van der Waals surface area (Å²) in [6.07, 6.45) is 2.04. The number of piperidine rings is 1. The molecule has 0 aliphatic carbocycles. The Bertz CT molecular complexity index is 674. The van der Waals surface area contributed by atoms with E-state index in [9.17, 15) is 14.0 Å². The summed E-state index contributed by atoms with van der Waals surface area (Å²) in [6.45, 7) is 5.65. The fraction of sp³-hybridized carbons (Fsp3) is 0.579. The van der Waals surface area contributed by atoms with Crippen molar-refractivity contribution in [3.8, 4) is 0 Å². The number of hydrogen-bond acceptors (Lipinski definition) is 4. The first-order valence-electron chi connectivity index (χ1n) is 9.49. The lowest BCUT2D eigenvalue weighted by atomic mass is 9.95. The summed E-state index contributed by atoms with van der Waals surface area (Å²) in [5.41, 5.74) is 0.510. The average molecular weight is 397 g/mol. The minimum Gasteiger partial charge on any atom is -0.340 e. The van der Waals surface area contributed by atoms with E-state index in [1.165, 1.54) is 18.2 Å². The Morgan fingerprint density at radius 3 is 2.56 bits per heavy atom. The van der Waals surface area contributed by atoms with Gasteiger partial charge in [-0.25, -0.2) is 4.39 Å². The van der Waals surface area contributed by atoms with Crippen LogP contribution < -0.4 is 10.6 Å². The second kappa shape index (κ2) is 9.48. The summed E-state index contributed by atoms with van der Waals surface area (Å²) < 4.78 is 13.2. The number of rotatable bonds is 5. The largest absolute Gasteiger partial charge is 0.340 e. The first kappa shape index (κ1) is 20.0. The normalized spacial score (nSPS) is 19.1. The third kappa shape index (κ3) is 5.64. The van der Waals surface area contributed by atoms with Gasteiger partial charge in [0.1, 0.15) is 5.82 Å². The molecule has 2 heterocycles. The molecule has 0 atom stereocenters. The van der Waals surface area contributed by atoms with E-state index >= 15 is 0 Å². The molecule has 2 aliphatic heterocycles. The lowest BCUT2D eigenvalue weighted by Crippen LogP contribution is -2.47. The lowest BCUT2D eigenvalue weighted by Gasteiger charge is -2.32. The fourth-order valence-electron chi connectivity index (χ4n) is 3.56. The van der Waals surface area contributed by atoms with Crippen molar-refractivity contribution in [1.82, 2.24) is 15.1 Å². The lowest BCUT2D eigenvalue weighted by molar-refractivity contribution is -0.132. The first-order valence-corrected chi connectivity index (χ1v) is 9.87. The molecule has 2 N–H and O–H groups in total. The van der Waals surface area contributed by atoms with Gasteiger partial charge in [0.15, 0.2) is 0 Å². The molecule has 0 radical (unpaired) electrons. The van der Waals surface area contributed by atoms with E-state index in [1.807, 2.05) is 4.90 Å². The molecule has 2 amide bonds. The third-order valence-corrected chi connectivity index (χ3v) is 5.55. The predicted octanol–water partition coefficient (Wildman–Crippen LogP) is 1.95. The van der Waals surface area contributed by atoms with Crippen molar-refractivity contribution in [3.05, 3.63) is 29.0 Å². The van der Waals surface area contributed by atoms with Crippen LogP contribution in [0.5, 0.6) is 0 Å². The summed E-state index contributed by atoms with van der Waals surface area (Å²) in [6, 6.07) is 4.18. The van der Waals surface area contributed by atoms with Crippen LogP contribution >= 0.6 is 11.6 Å². The van der Waals surface area contributed by atoms with E-state index in [2.05, 4.69) is 15.5 Å². The van der Waals surface area contributed by atoms with Crippen molar-refractivity contribution in [3.63, 3.8) is 0 Å². The molecule has 0 unspecified atom stereocenters. The first-order chi connectivity index (χ1) is 13.0. The molecule has 0 spiro atoms. The number of nitrogens with zero attached hydrogens (tertiary/aromatic N) is 2. The highest BCUT2D eigenvalue weighted by molar-refractivity contribution is 6.31. The van der Waals surface area contributed by atoms with Gasteiger partial charge >= 0.3 is 0 Å². The van der Waals surface area contributed by atoms with Crippen molar-refractivity contribution in [1.29, 1.82) is 0 Å². The number of piperazine rings is 1. The molecule has 0 aromatic heterocycles. The van der Waals surface area contributed by atoms with E-state index in [0.717, 1.165) is 58.7 Å². The predicted molar refractivity (Wildman–Crippen MR) is 103 cm³/mol. The molecular formula is C19H26ClFN4O2. The Labute approximate surface area is 164 Å². The monoisotopic (exact) mass is 396 g/mol. The minimum absolute atomic E-state index is 0.00299. The molecular weight excluding hydrogens is 371 g/mol. The zero-order valence-corrected chi connectivity index (χ0v) is 16.1. The number of benzene rings is 1. The van der Waals surface area contributed by atoms with Crippen LogP contribution in [0.2, 0.25) is 5.02 Å². The van der Waals surface area contributed by atoms with E-state index in [4.69, 9.17) is 11.6 Å². The topological polar surface area (TPSA) is 64.7 Å². The van der Waals surface area contributed by atoms with E-state index in [1.54, 1.807) is 0 Å². The maximum Gasteiger partial charge on any atom is 0.227 e. The summed E-state index contributed by atoms with van der Waals surface area (Å²) >= 11 is 5.75. The Balaban J connectivity index is 1.39. The molecule has 27 heavy (non-hydrogen) atoms. The number of nitrogens with one attached hydrogen (secondary N) is 2. The molecule has 2 aliphatic rings. The number of carbonyl (C=O) groups excluding carboxylic acids is 2. The maximum absolute atomic E-state index is 13.2. The molecule has 0 bridgehead atoms. The highest BCUT2D eigenvalue weighted by Gasteiger charge is 2.26. The second-order valence-electron chi connectivity index (χ2n) is 7.11. The van der Waals surface area contributed by atoms with Gasteiger partial charge < -0.3 is 20.4 Å². The van der Waals surface area contributed by atoms with Gasteiger partial charge in [-0.3, -0.25) is 9.59 Å². The zero-order chi connectivity index (χ0) is 19.2. The van der Waals surface area contributed by atoms with Crippen molar-refractivity contribution in [2.24, 2.45) is 5.92 Å². The van der Waals surface area contributed by atoms with Crippen LogP contribution in [0, 0.1) is 11.7 Å². The molecule has 6 nitrogen and oxygen atoms in total. The Kier molecular flexibility index (Phi) is 7.04. The van der Waals surface area contributed by atoms with Crippen LogP contribution in [-0.4, -0.2) is 67.4 Å². The highest BCUT2D eigenvalue weighted by atomic mass is 35.5. The highest BCUT2D eigenvalue weighted by Crippen LogP contribution is 2.23. The fourth-order valence-corrected chi connectivity index (χ4v) is 3.74.